The van der Waals surface area contributed by atoms with Gasteiger partial charge in [0.2, 0.25) is 0 Å². The molecule has 0 amide bonds. The third-order valence-electron chi connectivity index (χ3n) is 9.72. The van der Waals surface area contributed by atoms with Crippen LogP contribution in [0, 0.1) is 0 Å². The minimum Gasteiger partial charge on any atom is -0.508 e. The summed E-state index contributed by atoms with van der Waals surface area (Å²) in [6, 6.07) is 13.7. The van der Waals surface area contributed by atoms with Crippen LogP contribution in [0.4, 0.5) is 0 Å². The summed E-state index contributed by atoms with van der Waals surface area (Å²) in [6.45, 7) is -2.95. The summed E-state index contributed by atoms with van der Waals surface area (Å²) in [6.07, 6.45) is -10.5. The predicted molar refractivity (Wildman–Crippen MR) is 174 cm³/mol. The second-order valence-corrected chi connectivity index (χ2v) is 13.6. The number of benzene rings is 2. The van der Waals surface area contributed by atoms with E-state index in [1.54, 1.807) is 36.4 Å². The van der Waals surface area contributed by atoms with Gasteiger partial charge in [0.25, 0.3) is 0 Å². The molecule has 10 N–H and O–H groups in total. The summed E-state index contributed by atoms with van der Waals surface area (Å²) in [5.41, 5.74) is -2.01. The third-order valence-corrected chi connectivity index (χ3v) is 9.72. The van der Waals surface area contributed by atoms with E-state index in [9.17, 15) is 51.1 Å². The number of phenolic OH excluding ortho intramolecular Hbond substituents is 2. The first-order valence-electron chi connectivity index (χ1n) is 17.1. The van der Waals surface area contributed by atoms with Crippen LogP contribution in [0.5, 0.6) is 11.5 Å². The van der Waals surface area contributed by atoms with Gasteiger partial charge in [0.15, 0.2) is 18.9 Å². The summed E-state index contributed by atoms with van der Waals surface area (Å²) in [5.74, 6) is 0.301. The molecule has 2 aromatic carbocycles. The van der Waals surface area contributed by atoms with Gasteiger partial charge in [-0.1, -0.05) is 30.7 Å². The van der Waals surface area contributed by atoms with E-state index in [-0.39, 0.29) is 11.5 Å². The van der Waals surface area contributed by atoms with E-state index in [2.05, 4.69) is 0 Å². The van der Waals surface area contributed by atoms with E-state index in [4.69, 9.17) is 28.4 Å². The summed E-state index contributed by atoms with van der Waals surface area (Å²) in [5, 5.41) is 103. The second kappa shape index (κ2) is 17.5. The molecule has 51 heavy (non-hydrogen) atoms. The molecule has 3 aliphatic rings. The Hall–Kier alpha value is -2.52. The number of aliphatic hydroxyl groups is 8. The Labute approximate surface area is 294 Å². The number of unbranched alkanes of at least 4 members (excludes halogenated alkanes) is 1. The molecule has 5 rings (SSSR count). The highest BCUT2D eigenvalue weighted by molar-refractivity contribution is 5.26. The number of phenols is 2. The van der Waals surface area contributed by atoms with Crippen LogP contribution in [-0.2, 0) is 41.3 Å². The molecule has 0 aromatic heterocycles. The highest BCUT2D eigenvalue weighted by Crippen LogP contribution is 2.34. The van der Waals surface area contributed by atoms with E-state index in [1.807, 2.05) is 12.1 Å². The molecule has 2 aromatic rings. The Bertz CT molecular complexity index is 1350. The molecule has 16 nitrogen and oxygen atoms in total. The van der Waals surface area contributed by atoms with E-state index in [1.165, 1.54) is 0 Å². The van der Waals surface area contributed by atoms with Gasteiger partial charge in [-0.05, 0) is 67.5 Å². The summed E-state index contributed by atoms with van der Waals surface area (Å²) >= 11 is 0. The summed E-state index contributed by atoms with van der Waals surface area (Å²) in [4.78, 5) is 0. The molecule has 16 heteroatoms. The third kappa shape index (κ3) is 9.73. The number of aromatic hydroxyl groups is 2. The molecule has 3 saturated heterocycles. The minimum atomic E-state index is -2.03. The van der Waals surface area contributed by atoms with Gasteiger partial charge in [-0.15, -0.1) is 0 Å². The molecule has 0 saturated carbocycles. The lowest BCUT2D eigenvalue weighted by Gasteiger charge is -2.44. The average Bonchev–Trinajstić information content (AvgIpc) is 3.58. The zero-order valence-electron chi connectivity index (χ0n) is 28.1. The van der Waals surface area contributed by atoms with Crippen LogP contribution in [0.3, 0.4) is 0 Å². The second-order valence-electron chi connectivity index (χ2n) is 13.6. The SMILES string of the molecule is OC[C@@]1(O)CO[C@@H](OC[C@H]2O[C@H](O[C@@H](CCCCc3ccc(O)cc3)CCc3ccc(O)cc3)[C@H](O[C@@H]3OC[C@](O)(CO)[C@H]3O)[C@@H](O)[C@@H]2O)[C@@H]1O. The smallest absolute Gasteiger partial charge is 0.187 e. The van der Waals surface area contributed by atoms with Gasteiger partial charge in [-0.25, -0.2) is 0 Å². The first kappa shape index (κ1) is 39.7. The Morgan fingerprint density at radius 1 is 0.686 bits per heavy atom. The Morgan fingerprint density at radius 2 is 1.24 bits per heavy atom. The van der Waals surface area contributed by atoms with Crippen molar-refractivity contribution < 1.29 is 79.5 Å². The van der Waals surface area contributed by atoms with Crippen LogP contribution in [0.1, 0.15) is 36.8 Å². The van der Waals surface area contributed by atoms with Gasteiger partial charge in [0.1, 0.15) is 59.3 Å². The maximum atomic E-state index is 11.3. The molecular formula is C35H50O16. The monoisotopic (exact) mass is 726 g/mol. The molecule has 0 aliphatic carbocycles. The van der Waals surface area contributed by atoms with Crippen molar-refractivity contribution in [3.05, 3.63) is 59.7 Å². The molecule has 3 aliphatic heterocycles. The van der Waals surface area contributed by atoms with Gasteiger partial charge in [-0.3, -0.25) is 0 Å². The fourth-order valence-corrected chi connectivity index (χ4v) is 6.31. The van der Waals surface area contributed by atoms with Crippen molar-refractivity contribution in [3.8, 4) is 11.5 Å². The molecule has 286 valence electrons. The molecule has 0 bridgehead atoms. The van der Waals surface area contributed by atoms with Crippen LogP contribution >= 0.6 is 0 Å². The molecule has 0 unspecified atom stereocenters. The lowest BCUT2D eigenvalue weighted by atomic mass is 9.97. The van der Waals surface area contributed by atoms with Crippen LogP contribution in [0.2, 0.25) is 0 Å². The zero-order valence-corrected chi connectivity index (χ0v) is 28.1. The Kier molecular flexibility index (Phi) is 13.6. The van der Waals surface area contributed by atoms with Gasteiger partial charge in [0.05, 0.1) is 39.1 Å². The number of hydrogen-bond acceptors (Lipinski definition) is 16. The molecule has 0 spiro atoms. The van der Waals surface area contributed by atoms with Crippen molar-refractivity contribution in [1.29, 1.82) is 0 Å². The largest absolute Gasteiger partial charge is 0.508 e. The van der Waals surface area contributed by atoms with Crippen LogP contribution < -0.4 is 0 Å². The maximum Gasteiger partial charge on any atom is 0.187 e. The number of ether oxygens (including phenoxy) is 6. The van der Waals surface area contributed by atoms with Crippen molar-refractivity contribution in [2.75, 3.05) is 33.0 Å². The van der Waals surface area contributed by atoms with E-state index >= 15 is 0 Å². The van der Waals surface area contributed by atoms with Gasteiger partial charge in [0, 0.05) is 0 Å². The van der Waals surface area contributed by atoms with Crippen LogP contribution in [-0.4, -0.2) is 157 Å². The van der Waals surface area contributed by atoms with Crippen molar-refractivity contribution >= 4 is 0 Å². The topological polar surface area (TPSA) is 258 Å². The van der Waals surface area contributed by atoms with Gasteiger partial charge in [-0.2, -0.15) is 0 Å². The van der Waals surface area contributed by atoms with E-state index < -0.39 is 106 Å². The first-order chi connectivity index (χ1) is 24.4. The van der Waals surface area contributed by atoms with Crippen LogP contribution in [0.25, 0.3) is 0 Å². The molecule has 0 radical (unpaired) electrons. The lowest BCUT2D eigenvalue weighted by Crippen LogP contribution is -2.62. The van der Waals surface area contributed by atoms with E-state index in [0.717, 1.165) is 24.0 Å². The molecule has 3 fully saturated rings. The average molecular weight is 727 g/mol. The van der Waals surface area contributed by atoms with E-state index in [0.29, 0.717) is 25.7 Å². The quantitative estimate of drug-likeness (QED) is 0.0838. The van der Waals surface area contributed by atoms with Crippen molar-refractivity contribution in [2.24, 2.45) is 0 Å². The van der Waals surface area contributed by atoms with Crippen molar-refractivity contribution in [1.82, 2.24) is 0 Å². The minimum absolute atomic E-state index is 0.123. The van der Waals surface area contributed by atoms with Gasteiger partial charge < -0.3 is 79.5 Å². The molecule has 12 atom stereocenters. The normalized spacial score (nSPS) is 36.0. The summed E-state index contributed by atoms with van der Waals surface area (Å²) in [7, 11) is 0. The highest BCUT2D eigenvalue weighted by atomic mass is 16.8. The standard InChI is InChI=1S/C35H50O16/c36-16-34(44)18-47-32(29(34)42)46-15-25-26(40)27(41)28(51-33-30(43)35(45,17-37)19-48-33)31(50-25)49-24(14-9-21-7-12-23(39)13-8-21)4-2-1-3-20-5-10-22(38)11-6-20/h5-8,10-13,24-33,36-45H,1-4,9,14-19H2/t24-,25+,26+,27-,28+,29-,30-,31-,32+,33-,34+,35+/m0/s1. The Morgan fingerprint density at radius 3 is 1.80 bits per heavy atom. The van der Waals surface area contributed by atoms with Gasteiger partial charge >= 0.3 is 0 Å². The Balaban J connectivity index is 1.32. The molecular weight excluding hydrogens is 676 g/mol. The fourth-order valence-electron chi connectivity index (χ4n) is 6.31. The lowest BCUT2D eigenvalue weighted by molar-refractivity contribution is -0.348. The van der Waals surface area contributed by atoms with Crippen molar-refractivity contribution in [3.63, 3.8) is 0 Å². The van der Waals surface area contributed by atoms with Crippen LogP contribution in [0.15, 0.2) is 48.5 Å². The molecule has 3 heterocycles. The number of rotatable bonds is 17. The number of aliphatic hydroxyl groups excluding tert-OH is 6. The fraction of sp³-hybridized carbons (Fsp3) is 0.657. The first-order valence-corrected chi connectivity index (χ1v) is 17.1. The zero-order chi connectivity index (χ0) is 36.8. The number of hydrogen-bond donors (Lipinski definition) is 10. The maximum absolute atomic E-state index is 11.3. The number of aryl methyl sites for hydroxylation is 2. The van der Waals surface area contributed by atoms with Crippen molar-refractivity contribution in [2.45, 2.75) is 111 Å². The highest BCUT2D eigenvalue weighted by Gasteiger charge is 2.54. The summed E-state index contributed by atoms with van der Waals surface area (Å²) < 4.78 is 34.8. The predicted octanol–water partition coefficient (Wildman–Crippen LogP) is -1.44.